The third kappa shape index (κ3) is 5.46. The summed E-state index contributed by atoms with van der Waals surface area (Å²) in [7, 11) is 0. The molecule has 7 heteroatoms. The van der Waals surface area contributed by atoms with Crippen LogP contribution in [0.25, 0.3) is 0 Å². The number of hydrogen-bond donors (Lipinski definition) is 3. The molecule has 0 unspecified atom stereocenters. The molecule has 6 nitrogen and oxygen atoms in total. The van der Waals surface area contributed by atoms with E-state index in [1.807, 2.05) is 25.2 Å². The first kappa shape index (κ1) is 16.3. The topological polar surface area (TPSA) is 93.4 Å². The van der Waals surface area contributed by atoms with Crippen LogP contribution in [0.1, 0.15) is 19.4 Å². The zero-order valence-electron chi connectivity index (χ0n) is 11.4. The van der Waals surface area contributed by atoms with Crippen molar-refractivity contribution < 1.29 is 14.3 Å². The summed E-state index contributed by atoms with van der Waals surface area (Å²) in [6.45, 7) is 4.27. The number of carbonyl (C=O) groups excluding carboxylic acids is 2. The lowest BCUT2D eigenvalue weighted by Crippen LogP contribution is -2.38. The van der Waals surface area contributed by atoms with E-state index in [-0.39, 0.29) is 6.61 Å². The Balaban J connectivity index is 2.72. The van der Waals surface area contributed by atoms with E-state index in [2.05, 4.69) is 5.32 Å². The number of hydrogen-bond acceptors (Lipinski definition) is 4. The van der Waals surface area contributed by atoms with Crippen LogP contribution < -0.4 is 21.1 Å². The molecule has 1 aromatic rings. The summed E-state index contributed by atoms with van der Waals surface area (Å²) in [4.78, 5) is 21.9. The van der Waals surface area contributed by atoms with Crippen LogP contribution in [-0.4, -0.2) is 24.6 Å². The molecule has 0 spiro atoms. The van der Waals surface area contributed by atoms with Gasteiger partial charge in [-0.25, -0.2) is 4.79 Å². The van der Waals surface area contributed by atoms with Gasteiger partial charge in [0.2, 0.25) is 0 Å². The van der Waals surface area contributed by atoms with Crippen LogP contribution in [0, 0.1) is 0 Å². The van der Waals surface area contributed by atoms with Crippen molar-refractivity contribution in [3.8, 4) is 5.75 Å². The van der Waals surface area contributed by atoms with Crippen molar-refractivity contribution in [1.29, 1.82) is 0 Å². The fourth-order valence-corrected chi connectivity index (χ4v) is 1.73. The van der Waals surface area contributed by atoms with Gasteiger partial charge in [-0.3, -0.25) is 10.1 Å². The van der Waals surface area contributed by atoms with Gasteiger partial charge < -0.3 is 15.8 Å². The molecule has 0 saturated carbocycles. The van der Waals surface area contributed by atoms with E-state index in [0.29, 0.717) is 23.4 Å². The summed E-state index contributed by atoms with van der Waals surface area (Å²) in [6.07, 6.45) is 0. The summed E-state index contributed by atoms with van der Waals surface area (Å²) in [5.41, 5.74) is 5.67. The number of ether oxygens (including phenoxy) is 1. The Morgan fingerprint density at radius 2 is 2.10 bits per heavy atom. The number of carbonyl (C=O) groups is 2. The highest BCUT2D eigenvalue weighted by Gasteiger charge is 2.12. The van der Waals surface area contributed by atoms with Crippen LogP contribution in [0.3, 0.4) is 0 Å². The predicted molar refractivity (Wildman–Crippen MR) is 76.6 cm³/mol. The molecule has 1 rings (SSSR count). The number of benzene rings is 1. The number of nitrogens with one attached hydrogen (secondary N) is 2. The van der Waals surface area contributed by atoms with E-state index >= 15 is 0 Å². The standard InChI is InChI=1S/C13H18ClN3O3/c1-8(2)16-6-9-4-3-5-10(14)12(9)20-7-11(18)17-13(15)19/h3-5,8,16H,6-7H2,1-2H3,(H3,15,17,18,19). The Hall–Kier alpha value is -1.79. The number of urea groups is 1. The zero-order chi connectivity index (χ0) is 15.1. The number of primary amides is 1. The lowest BCUT2D eigenvalue weighted by Gasteiger charge is -2.14. The van der Waals surface area contributed by atoms with Gasteiger partial charge in [0.25, 0.3) is 5.91 Å². The van der Waals surface area contributed by atoms with Crippen LogP contribution in [0.2, 0.25) is 5.02 Å². The van der Waals surface area contributed by atoms with Crippen LogP contribution in [0.15, 0.2) is 18.2 Å². The van der Waals surface area contributed by atoms with Gasteiger partial charge in [-0.2, -0.15) is 0 Å². The Kier molecular flexibility index (Phi) is 6.27. The lowest BCUT2D eigenvalue weighted by molar-refractivity contribution is -0.121. The highest BCUT2D eigenvalue weighted by Crippen LogP contribution is 2.28. The van der Waals surface area contributed by atoms with Crippen molar-refractivity contribution >= 4 is 23.5 Å². The van der Waals surface area contributed by atoms with Crippen LogP contribution >= 0.6 is 11.6 Å². The van der Waals surface area contributed by atoms with Gasteiger partial charge in [0.1, 0.15) is 5.75 Å². The highest BCUT2D eigenvalue weighted by atomic mass is 35.5. The molecule has 1 aromatic carbocycles. The third-order valence-electron chi connectivity index (χ3n) is 2.36. The second-order valence-electron chi connectivity index (χ2n) is 4.46. The Labute approximate surface area is 122 Å². The van der Waals surface area contributed by atoms with Crippen LogP contribution in [0.5, 0.6) is 5.75 Å². The average molecular weight is 300 g/mol. The molecule has 20 heavy (non-hydrogen) atoms. The Morgan fingerprint density at radius 3 is 2.70 bits per heavy atom. The SMILES string of the molecule is CC(C)NCc1cccc(Cl)c1OCC(=O)NC(N)=O. The molecule has 0 aromatic heterocycles. The summed E-state index contributed by atoms with van der Waals surface area (Å²) >= 11 is 6.06. The fourth-order valence-electron chi connectivity index (χ4n) is 1.48. The van der Waals surface area contributed by atoms with Crippen LogP contribution in [-0.2, 0) is 11.3 Å². The monoisotopic (exact) mass is 299 g/mol. The summed E-state index contributed by atoms with van der Waals surface area (Å²) < 4.78 is 5.37. The largest absolute Gasteiger partial charge is 0.482 e. The molecular weight excluding hydrogens is 282 g/mol. The van der Waals surface area contributed by atoms with E-state index in [1.165, 1.54) is 0 Å². The maximum atomic E-state index is 11.3. The van der Waals surface area contributed by atoms with Gasteiger partial charge in [-0.05, 0) is 6.07 Å². The Bertz CT molecular complexity index is 492. The number of nitrogens with two attached hydrogens (primary N) is 1. The minimum Gasteiger partial charge on any atom is -0.482 e. The predicted octanol–water partition coefficient (Wildman–Crippen LogP) is 1.41. The minimum atomic E-state index is -0.917. The van der Waals surface area contributed by atoms with Gasteiger partial charge >= 0.3 is 6.03 Å². The summed E-state index contributed by atoms with van der Waals surface area (Å²) in [5, 5.41) is 5.56. The Morgan fingerprint density at radius 1 is 1.40 bits per heavy atom. The molecule has 0 bridgehead atoms. The summed E-state index contributed by atoms with van der Waals surface area (Å²) in [5.74, 6) is -0.206. The molecule has 0 aliphatic heterocycles. The number of halogens is 1. The number of rotatable bonds is 6. The molecule has 0 fully saturated rings. The molecule has 0 heterocycles. The van der Waals surface area contributed by atoms with E-state index < -0.39 is 11.9 Å². The quantitative estimate of drug-likeness (QED) is 0.740. The highest BCUT2D eigenvalue weighted by molar-refractivity contribution is 6.32. The van der Waals surface area contributed by atoms with Gasteiger partial charge in [-0.15, -0.1) is 0 Å². The van der Waals surface area contributed by atoms with Crippen molar-refractivity contribution in [3.05, 3.63) is 28.8 Å². The van der Waals surface area contributed by atoms with Crippen LogP contribution in [0.4, 0.5) is 4.79 Å². The van der Waals surface area contributed by atoms with Crippen molar-refractivity contribution in [3.63, 3.8) is 0 Å². The van der Waals surface area contributed by atoms with Gasteiger partial charge in [0, 0.05) is 18.2 Å². The normalized spacial score (nSPS) is 10.4. The van der Waals surface area contributed by atoms with Crippen molar-refractivity contribution in [2.24, 2.45) is 5.73 Å². The molecule has 0 aliphatic rings. The first-order valence-corrected chi connectivity index (χ1v) is 6.50. The molecule has 0 saturated heterocycles. The minimum absolute atomic E-state index is 0.306. The average Bonchev–Trinajstić information content (AvgIpc) is 2.34. The van der Waals surface area contributed by atoms with E-state index in [0.717, 1.165) is 5.56 Å². The van der Waals surface area contributed by atoms with Gasteiger partial charge in [-0.1, -0.05) is 37.6 Å². The molecule has 3 amide bonds. The second-order valence-corrected chi connectivity index (χ2v) is 4.87. The number of imide groups is 1. The van der Waals surface area contributed by atoms with Crippen molar-refractivity contribution in [2.45, 2.75) is 26.4 Å². The zero-order valence-corrected chi connectivity index (χ0v) is 12.2. The molecule has 0 aliphatic carbocycles. The van der Waals surface area contributed by atoms with E-state index in [1.54, 1.807) is 12.1 Å². The molecule has 0 atom stereocenters. The number of para-hydroxylation sites is 1. The maximum Gasteiger partial charge on any atom is 0.318 e. The van der Waals surface area contributed by atoms with Crippen molar-refractivity contribution in [1.82, 2.24) is 10.6 Å². The summed E-state index contributed by atoms with van der Waals surface area (Å²) in [6, 6.07) is 4.71. The molecule has 0 radical (unpaired) electrons. The van der Waals surface area contributed by atoms with E-state index in [4.69, 9.17) is 22.1 Å². The second kappa shape index (κ2) is 7.72. The smallest absolute Gasteiger partial charge is 0.318 e. The third-order valence-corrected chi connectivity index (χ3v) is 2.66. The van der Waals surface area contributed by atoms with E-state index in [9.17, 15) is 9.59 Å². The molecule has 4 N–H and O–H groups in total. The number of amides is 3. The molecular formula is C13H18ClN3O3. The lowest BCUT2D eigenvalue weighted by atomic mass is 10.2. The first-order chi connectivity index (χ1) is 9.40. The van der Waals surface area contributed by atoms with Gasteiger partial charge in [0.05, 0.1) is 5.02 Å². The van der Waals surface area contributed by atoms with Crippen molar-refractivity contribution in [2.75, 3.05) is 6.61 Å². The molecule has 110 valence electrons. The maximum absolute atomic E-state index is 11.3. The van der Waals surface area contributed by atoms with Gasteiger partial charge in [0.15, 0.2) is 6.61 Å². The fraction of sp³-hybridized carbons (Fsp3) is 0.385. The first-order valence-electron chi connectivity index (χ1n) is 6.13.